The Morgan fingerprint density at radius 1 is 1.03 bits per heavy atom. The van der Waals surface area contributed by atoms with E-state index in [0.29, 0.717) is 17.9 Å². The van der Waals surface area contributed by atoms with Gasteiger partial charge in [-0.25, -0.2) is 4.79 Å². The Hall–Kier alpha value is -1.55. The van der Waals surface area contributed by atoms with Crippen LogP contribution in [0.3, 0.4) is 0 Å². The summed E-state index contributed by atoms with van der Waals surface area (Å²) in [6.45, 7) is 10.6. The maximum Gasteiger partial charge on any atom is 0.407 e. The van der Waals surface area contributed by atoms with Crippen LogP contribution in [0, 0.1) is 5.92 Å². The second-order valence-corrected chi connectivity index (χ2v) is 12.0. The average molecular weight is 455 g/mol. The summed E-state index contributed by atoms with van der Waals surface area (Å²) >= 11 is 0. The van der Waals surface area contributed by atoms with Crippen molar-refractivity contribution in [3.05, 3.63) is 35.4 Å². The van der Waals surface area contributed by atoms with Gasteiger partial charge in [0.1, 0.15) is 5.60 Å². The van der Waals surface area contributed by atoms with Gasteiger partial charge in [0.05, 0.1) is 0 Å². The molecule has 1 N–H and O–H groups in total. The first-order valence-electron chi connectivity index (χ1n) is 13.6. The van der Waals surface area contributed by atoms with Crippen LogP contribution in [0.25, 0.3) is 0 Å². The fraction of sp³-hybridized carbons (Fsp3) is 0.759. The van der Waals surface area contributed by atoms with Gasteiger partial charge in [-0.2, -0.15) is 0 Å². The Morgan fingerprint density at radius 3 is 2.33 bits per heavy atom. The minimum Gasteiger partial charge on any atom is -0.444 e. The van der Waals surface area contributed by atoms with E-state index < -0.39 is 5.60 Å². The molecule has 184 valence electrons. The molecule has 1 aromatic carbocycles. The lowest BCUT2D eigenvalue weighted by Crippen LogP contribution is -2.47. The molecule has 1 heterocycles. The first-order chi connectivity index (χ1) is 15.8. The summed E-state index contributed by atoms with van der Waals surface area (Å²) in [7, 11) is 0. The van der Waals surface area contributed by atoms with Crippen LogP contribution < -0.4 is 5.32 Å². The number of nitrogens with one attached hydrogen (secondary N) is 1. The zero-order valence-corrected chi connectivity index (χ0v) is 21.4. The molecule has 1 aliphatic heterocycles. The molecule has 33 heavy (non-hydrogen) atoms. The van der Waals surface area contributed by atoms with Gasteiger partial charge in [-0.05, 0) is 114 Å². The molecule has 3 aliphatic rings. The Morgan fingerprint density at radius 2 is 1.70 bits per heavy atom. The van der Waals surface area contributed by atoms with Gasteiger partial charge in [-0.3, -0.25) is 0 Å². The van der Waals surface area contributed by atoms with E-state index in [9.17, 15) is 4.79 Å². The number of piperidine rings is 1. The van der Waals surface area contributed by atoms with Gasteiger partial charge in [0.15, 0.2) is 0 Å². The van der Waals surface area contributed by atoms with Gasteiger partial charge in [-0.15, -0.1) is 0 Å². The largest absolute Gasteiger partial charge is 0.444 e. The molecule has 0 aromatic heterocycles. The highest BCUT2D eigenvalue weighted by molar-refractivity contribution is 5.68. The summed E-state index contributed by atoms with van der Waals surface area (Å²) < 4.78 is 5.43. The van der Waals surface area contributed by atoms with E-state index in [1.54, 1.807) is 11.1 Å². The normalized spacial score (nSPS) is 26.1. The molecular formula is C29H46N2O2. The lowest BCUT2D eigenvalue weighted by molar-refractivity contribution is 0.0470. The predicted molar refractivity (Wildman–Crippen MR) is 136 cm³/mol. The maximum absolute atomic E-state index is 12.1. The van der Waals surface area contributed by atoms with E-state index in [1.165, 1.54) is 64.5 Å². The first kappa shape index (κ1) is 24.6. The summed E-state index contributed by atoms with van der Waals surface area (Å²) in [6.07, 6.45) is 12.5. The molecule has 4 heteroatoms. The Labute approximate surface area is 201 Å². The second kappa shape index (κ2) is 10.8. The van der Waals surface area contributed by atoms with Crippen LogP contribution in [0.1, 0.15) is 115 Å². The van der Waals surface area contributed by atoms with Crippen molar-refractivity contribution in [2.45, 2.75) is 121 Å². The predicted octanol–water partition coefficient (Wildman–Crippen LogP) is 7.00. The summed E-state index contributed by atoms with van der Waals surface area (Å²) in [6, 6.07) is 10.2. The van der Waals surface area contributed by atoms with Crippen LogP contribution in [-0.2, 0) is 4.74 Å². The SMILES string of the molecule is CC(CCC1CC1)c1ccccc1C1CCN(C2CCC(NC(=O)OC(C)(C)C)CC2)CC1. The summed E-state index contributed by atoms with van der Waals surface area (Å²) in [4.78, 5) is 14.8. The van der Waals surface area contributed by atoms with E-state index >= 15 is 0 Å². The number of nitrogens with zero attached hydrogens (tertiary/aromatic N) is 1. The van der Waals surface area contributed by atoms with E-state index in [1.807, 2.05) is 20.8 Å². The summed E-state index contributed by atoms with van der Waals surface area (Å²) in [5.41, 5.74) is 2.82. The standard InChI is InChI=1S/C29H46N2O2/c1-21(9-10-22-11-12-22)26-7-5-6-8-27(26)23-17-19-31(20-18-23)25-15-13-24(14-16-25)30-28(32)33-29(2,3)4/h5-8,21-25H,9-20H2,1-4H3,(H,30,32). The van der Waals surface area contributed by atoms with Gasteiger partial charge in [0.2, 0.25) is 0 Å². The zero-order chi connectivity index (χ0) is 23.4. The number of hydrogen-bond donors (Lipinski definition) is 1. The molecule has 4 rings (SSSR count). The Bertz CT molecular complexity index is 766. The van der Waals surface area contributed by atoms with Crippen molar-refractivity contribution in [3.63, 3.8) is 0 Å². The van der Waals surface area contributed by atoms with E-state index in [0.717, 1.165) is 18.8 Å². The Kier molecular flexibility index (Phi) is 8.04. The number of likely N-dealkylation sites (tertiary alicyclic amines) is 1. The third-order valence-corrected chi connectivity index (χ3v) is 8.14. The molecular weight excluding hydrogens is 408 g/mol. The average Bonchev–Trinajstić information content (AvgIpc) is 3.61. The molecule has 1 aromatic rings. The quantitative estimate of drug-likeness (QED) is 0.482. The zero-order valence-electron chi connectivity index (χ0n) is 21.4. The topological polar surface area (TPSA) is 41.6 Å². The molecule has 1 amide bonds. The Balaban J connectivity index is 1.23. The van der Waals surface area contributed by atoms with Crippen LogP contribution in [0.5, 0.6) is 0 Å². The van der Waals surface area contributed by atoms with Crippen molar-refractivity contribution in [3.8, 4) is 0 Å². The third kappa shape index (κ3) is 7.21. The van der Waals surface area contributed by atoms with Gasteiger partial charge in [-0.1, -0.05) is 44.0 Å². The van der Waals surface area contributed by atoms with Crippen molar-refractivity contribution in [2.75, 3.05) is 13.1 Å². The van der Waals surface area contributed by atoms with Gasteiger partial charge in [0, 0.05) is 12.1 Å². The first-order valence-corrected chi connectivity index (χ1v) is 13.6. The van der Waals surface area contributed by atoms with Crippen LogP contribution in [0.2, 0.25) is 0 Å². The van der Waals surface area contributed by atoms with E-state index in [4.69, 9.17) is 4.74 Å². The maximum atomic E-state index is 12.1. The molecule has 0 spiro atoms. The summed E-state index contributed by atoms with van der Waals surface area (Å²) in [5, 5.41) is 3.09. The van der Waals surface area contributed by atoms with Gasteiger partial charge < -0.3 is 15.0 Å². The fourth-order valence-electron chi connectivity index (χ4n) is 6.01. The van der Waals surface area contributed by atoms with E-state index in [2.05, 4.69) is 41.4 Å². The molecule has 4 nitrogen and oxygen atoms in total. The molecule has 2 aliphatic carbocycles. The van der Waals surface area contributed by atoms with Gasteiger partial charge in [0.25, 0.3) is 0 Å². The van der Waals surface area contributed by atoms with Crippen molar-refractivity contribution in [2.24, 2.45) is 5.92 Å². The van der Waals surface area contributed by atoms with Crippen molar-refractivity contribution >= 4 is 6.09 Å². The number of alkyl carbamates (subject to hydrolysis) is 1. The smallest absolute Gasteiger partial charge is 0.407 e. The van der Waals surface area contributed by atoms with Crippen LogP contribution in [-0.4, -0.2) is 41.8 Å². The monoisotopic (exact) mass is 454 g/mol. The second-order valence-electron chi connectivity index (χ2n) is 12.0. The van der Waals surface area contributed by atoms with Crippen LogP contribution >= 0.6 is 0 Å². The van der Waals surface area contributed by atoms with Crippen LogP contribution in [0.15, 0.2) is 24.3 Å². The van der Waals surface area contributed by atoms with Gasteiger partial charge >= 0.3 is 6.09 Å². The number of amides is 1. The molecule has 1 unspecified atom stereocenters. The number of carbonyl (C=O) groups excluding carboxylic acids is 1. The molecule has 1 atom stereocenters. The number of hydrogen-bond acceptors (Lipinski definition) is 3. The minimum absolute atomic E-state index is 0.262. The fourth-order valence-corrected chi connectivity index (χ4v) is 6.01. The highest BCUT2D eigenvalue weighted by Crippen LogP contribution is 2.39. The van der Waals surface area contributed by atoms with Crippen molar-refractivity contribution in [1.29, 1.82) is 0 Å². The summed E-state index contributed by atoms with van der Waals surface area (Å²) in [5.74, 6) is 2.43. The number of benzene rings is 1. The van der Waals surface area contributed by atoms with Crippen molar-refractivity contribution in [1.82, 2.24) is 10.2 Å². The van der Waals surface area contributed by atoms with Crippen molar-refractivity contribution < 1.29 is 9.53 Å². The molecule has 0 bridgehead atoms. The molecule has 0 radical (unpaired) electrons. The third-order valence-electron chi connectivity index (χ3n) is 8.14. The number of ether oxygens (including phenoxy) is 1. The molecule has 2 saturated carbocycles. The lowest BCUT2D eigenvalue weighted by Gasteiger charge is -2.41. The highest BCUT2D eigenvalue weighted by atomic mass is 16.6. The van der Waals surface area contributed by atoms with E-state index in [-0.39, 0.29) is 12.1 Å². The molecule has 1 saturated heterocycles. The number of rotatable bonds is 7. The van der Waals surface area contributed by atoms with Crippen LogP contribution in [0.4, 0.5) is 4.79 Å². The molecule has 3 fully saturated rings. The minimum atomic E-state index is -0.431. The lowest BCUT2D eigenvalue weighted by atomic mass is 9.81. The number of carbonyl (C=O) groups is 1. The highest BCUT2D eigenvalue weighted by Gasteiger charge is 2.31.